The lowest BCUT2D eigenvalue weighted by molar-refractivity contribution is -0.136. The molecule has 2 fully saturated rings. The van der Waals surface area contributed by atoms with E-state index in [-0.39, 0.29) is 29.5 Å². The molecule has 4 rings (SSSR count). The molecule has 0 spiro atoms. The standard InChI is InChI=1S/C25H33N3O4/c1-2-3-14-28-24(31)20-9-8-19(17-21(20)25(28)32)23(30)27-15-10-18(11-16-27)22(29)26-12-6-4-5-7-13-26/h8-9,17-18H,2-7,10-16H2,1H3. The van der Waals surface area contributed by atoms with Gasteiger partial charge in [0, 0.05) is 44.2 Å². The number of hydrogen-bond donors (Lipinski definition) is 0. The summed E-state index contributed by atoms with van der Waals surface area (Å²) in [6.45, 7) is 5.21. The van der Waals surface area contributed by atoms with Crippen LogP contribution in [0.15, 0.2) is 18.2 Å². The van der Waals surface area contributed by atoms with Gasteiger partial charge in [-0.15, -0.1) is 0 Å². The highest BCUT2D eigenvalue weighted by Crippen LogP contribution is 2.27. The maximum atomic E-state index is 13.1. The lowest BCUT2D eigenvalue weighted by Gasteiger charge is -2.34. The first-order valence-corrected chi connectivity index (χ1v) is 12.1. The maximum Gasteiger partial charge on any atom is 0.261 e. The van der Waals surface area contributed by atoms with Crippen LogP contribution < -0.4 is 0 Å². The molecule has 172 valence electrons. The largest absolute Gasteiger partial charge is 0.342 e. The summed E-state index contributed by atoms with van der Waals surface area (Å²) in [7, 11) is 0. The fourth-order valence-corrected chi connectivity index (χ4v) is 5.00. The van der Waals surface area contributed by atoms with Crippen LogP contribution in [0.1, 0.15) is 89.4 Å². The summed E-state index contributed by atoms with van der Waals surface area (Å²) >= 11 is 0. The van der Waals surface area contributed by atoms with Crippen LogP contribution in [0.2, 0.25) is 0 Å². The Morgan fingerprint density at radius 1 is 0.875 bits per heavy atom. The topological polar surface area (TPSA) is 78.0 Å². The summed E-state index contributed by atoms with van der Waals surface area (Å²) in [5.74, 6) is -0.489. The summed E-state index contributed by atoms with van der Waals surface area (Å²) in [6, 6.07) is 4.81. The molecular formula is C25H33N3O4. The number of carbonyl (C=O) groups is 4. The zero-order chi connectivity index (χ0) is 22.7. The molecule has 0 N–H and O–H groups in total. The first-order chi connectivity index (χ1) is 15.5. The molecule has 7 nitrogen and oxygen atoms in total. The molecule has 1 aromatic rings. The molecule has 0 bridgehead atoms. The average Bonchev–Trinajstić information content (AvgIpc) is 3.01. The van der Waals surface area contributed by atoms with Gasteiger partial charge in [-0.3, -0.25) is 24.1 Å². The van der Waals surface area contributed by atoms with Gasteiger partial charge in [0.05, 0.1) is 11.1 Å². The summed E-state index contributed by atoms with van der Waals surface area (Å²) < 4.78 is 0. The predicted molar refractivity (Wildman–Crippen MR) is 120 cm³/mol. The van der Waals surface area contributed by atoms with E-state index in [4.69, 9.17) is 0 Å². The Morgan fingerprint density at radius 3 is 2.19 bits per heavy atom. The Balaban J connectivity index is 1.38. The van der Waals surface area contributed by atoms with Gasteiger partial charge in [0.1, 0.15) is 0 Å². The highest BCUT2D eigenvalue weighted by atomic mass is 16.2. The van der Waals surface area contributed by atoms with Crippen molar-refractivity contribution in [1.82, 2.24) is 14.7 Å². The van der Waals surface area contributed by atoms with E-state index in [1.165, 1.54) is 17.7 Å². The van der Waals surface area contributed by atoms with Crippen molar-refractivity contribution in [3.63, 3.8) is 0 Å². The van der Waals surface area contributed by atoms with E-state index < -0.39 is 0 Å². The number of amides is 4. The van der Waals surface area contributed by atoms with Gasteiger partial charge in [-0.2, -0.15) is 0 Å². The van der Waals surface area contributed by atoms with Crippen molar-refractivity contribution < 1.29 is 19.2 Å². The van der Waals surface area contributed by atoms with E-state index in [0.29, 0.717) is 49.2 Å². The van der Waals surface area contributed by atoms with E-state index in [9.17, 15) is 19.2 Å². The number of imide groups is 1. The smallest absolute Gasteiger partial charge is 0.261 e. The number of rotatable bonds is 5. The highest BCUT2D eigenvalue weighted by molar-refractivity contribution is 6.22. The maximum absolute atomic E-state index is 13.1. The van der Waals surface area contributed by atoms with Crippen molar-refractivity contribution in [2.45, 2.75) is 58.3 Å². The van der Waals surface area contributed by atoms with Crippen molar-refractivity contribution in [1.29, 1.82) is 0 Å². The van der Waals surface area contributed by atoms with Gasteiger partial charge in [-0.05, 0) is 50.3 Å². The number of nitrogens with zero attached hydrogens (tertiary/aromatic N) is 3. The van der Waals surface area contributed by atoms with E-state index in [1.54, 1.807) is 23.1 Å². The summed E-state index contributed by atoms with van der Waals surface area (Å²) in [5.41, 5.74) is 1.13. The quantitative estimate of drug-likeness (QED) is 0.660. The molecule has 0 saturated carbocycles. The van der Waals surface area contributed by atoms with Crippen molar-refractivity contribution in [2.75, 3.05) is 32.7 Å². The summed E-state index contributed by atoms with van der Waals surface area (Å²) in [4.78, 5) is 56.3. The van der Waals surface area contributed by atoms with E-state index >= 15 is 0 Å². The predicted octanol–water partition coefficient (Wildman–Crippen LogP) is 3.34. The van der Waals surface area contributed by atoms with Crippen LogP contribution in [0, 0.1) is 5.92 Å². The molecule has 1 aromatic carbocycles. The summed E-state index contributed by atoms with van der Waals surface area (Å²) in [6.07, 6.45) is 7.57. The lowest BCUT2D eigenvalue weighted by Crippen LogP contribution is -2.44. The molecule has 4 amide bonds. The summed E-state index contributed by atoms with van der Waals surface area (Å²) in [5, 5.41) is 0. The number of unbranched alkanes of at least 4 members (excludes halogenated alkanes) is 1. The monoisotopic (exact) mass is 439 g/mol. The fourth-order valence-electron chi connectivity index (χ4n) is 5.00. The average molecular weight is 440 g/mol. The molecule has 3 heterocycles. The number of likely N-dealkylation sites (tertiary alicyclic amines) is 2. The second kappa shape index (κ2) is 9.84. The molecule has 7 heteroatoms. The molecular weight excluding hydrogens is 406 g/mol. The van der Waals surface area contributed by atoms with Crippen molar-refractivity contribution in [2.24, 2.45) is 5.92 Å². The van der Waals surface area contributed by atoms with Gasteiger partial charge in [0.25, 0.3) is 17.7 Å². The van der Waals surface area contributed by atoms with Gasteiger partial charge < -0.3 is 9.80 Å². The molecule has 0 radical (unpaired) electrons. The Hall–Kier alpha value is -2.70. The minimum atomic E-state index is -0.310. The first kappa shape index (κ1) is 22.5. The van der Waals surface area contributed by atoms with Crippen LogP contribution >= 0.6 is 0 Å². The zero-order valence-corrected chi connectivity index (χ0v) is 19.0. The molecule has 0 aromatic heterocycles. The van der Waals surface area contributed by atoms with Crippen LogP contribution in [0.4, 0.5) is 0 Å². The van der Waals surface area contributed by atoms with Gasteiger partial charge >= 0.3 is 0 Å². The molecule has 2 saturated heterocycles. The van der Waals surface area contributed by atoms with Crippen LogP contribution in [0.3, 0.4) is 0 Å². The Kier molecular flexibility index (Phi) is 6.92. The van der Waals surface area contributed by atoms with Gasteiger partial charge in [0.2, 0.25) is 5.91 Å². The Labute approximate surface area is 189 Å². The number of benzene rings is 1. The lowest BCUT2D eigenvalue weighted by atomic mass is 9.94. The second-order valence-electron chi connectivity index (χ2n) is 9.18. The molecule has 3 aliphatic heterocycles. The highest BCUT2D eigenvalue weighted by Gasteiger charge is 2.36. The third-order valence-corrected chi connectivity index (χ3v) is 7.00. The van der Waals surface area contributed by atoms with Crippen LogP contribution in [-0.4, -0.2) is 71.1 Å². The molecule has 0 unspecified atom stereocenters. The van der Waals surface area contributed by atoms with Crippen LogP contribution in [0.5, 0.6) is 0 Å². The molecule has 0 aliphatic carbocycles. The molecule has 0 atom stereocenters. The zero-order valence-electron chi connectivity index (χ0n) is 19.0. The van der Waals surface area contributed by atoms with Gasteiger partial charge in [-0.1, -0.05) is 26.2 Å². The third kappa shape index (κ3) is 4.43. The third-order valence-electron chi connectivity index (χ3n) is 7.00. The minimum absolute atomic E-state index is 0.0107. The normalized spacial score (nSPS) is 19.8. The van der Waals surface area contributed by atoms with Crippen molar-refractivity contribution in [3.8, 4) is 0 Å². The van der Waals surface area contributed by atoms with Crippen LogP contribution in [-0.2, 0) is 4.79 Å². The number of fused-ring (bicyclic) bond motifs is 1. The fraction of sp³-hybridized carbons (Fsp3) is 0.600. The Morgan fingerprint density at radius 2 is 1.53 bits per heavy atom. The van der Waals surface area contributed by atoms with E-state index in [1.807, 2.05) is 11.8 Å². The molecule has 3 aliphatic rings. The SMILES string of the molecule is CCCCN1C(=O)c2ccc(C(=O)N3CCC(C(=O)N4CCCCCC4)CC3)cc2C1=O. The minimum Gasteiger partial charge on any atom is -0.342 e. The number of piperidine rings is 1. The van der Waals surface area contributed by atoms with Crippen LogP contribution in [0.25, 0.3) is 0 Å². The molecule has 32 heavy (non-hydrogen) atoms. The Bertz CT molecular complexity index is 896. The van der Waals surface area contributed by atoms with E-state index in [0.717, 1.165) is 38.8 Å². The first-order valence-electron chi connectivity index (χ1n) is 12.1. The number of carbonyl (C=O) groups excluding carboxylic acids is 4. The van der Waals surface area contributed by atoms with Crippen molar-refractivity contribution in [3.05, 3.63) is 34.9 Å². The van der Waals surface area contributed by atoms with Crippen molar-refractivity contribution >= 4 is 23.6 Å². The van der Waals surface area contributed by atoms with Gasteiger partial charge in [-0.25, -0.2) is 0 Å². The number of hydrogen-bond acceptors (Lipinski definition) is 4. The second-order valence-corrected chi connectivity index (χ2v) is 9.18. The van der Waals surface area contributed by atoms with E-state index in [2.05, 4.69) is 0 Å². The van der Waals surface area contributed by atoms with Gasteiger partial charge in [0.15, 0.2) is 0 Å².